The molecule has 0 spiro atoms. The number of aromatic nitrogens is 2. The molecular weight excluding hydrogens is 266 g/mol. The van der Waals surface area contributed by atoms with Crippen molar-refractivity contribution in [3.8, 4) is 0 Å². The minimum atomic E-state index is 0.267. The van der Waals surface area contributed by atoms with Gasteiger partial charge in [0.1, 0.15) is 0 Å². The smallest absolute Gasteiger partial charge is 0.245 e. The molecule has 0 aliphatic carbocycles. The molecule has 1 saturated heterocycles. The van der Waals surface area contributed by atoms with Gasteiger partial charge in [0.2, 0.25) is 5.89 Å². The summed E-state index contributed by atoms with van der Waals surface area (Å²) in [6, 6.07) is 7.51. The Kier molecular flexibility index (Phi) is 3.66. The Morgan fingerprint density at radius 1 is 1.42 bits per heavy atom. The van der Waals surface area contributed by atoms with Crippen LogP contribution in [0, 0.1) is 0 Å². The Morgan fingerprint density at radius 3 is 3.16 bits per heavy atom. The van der Waals surface area contributed by atoms with Crippen molar-refractivity contribution in [2.75, 3.05) is 18.5 Å². The molecule has 1 aromatic carbocycles. The lowest BCUT2D eigenvalue weighted by atomic mass is 10.1. The maximum absolute atomic E-state index is 5.91. The zero-order valence-electron chi connectivity index (χ0n) is 10.3. The van der Waals surface area contributed by atoms with Crippen molar-refractivity contribution in [3.63, 3.8) is 0 Å². The standard InChI is InChI=1S/C13H14ClN3O2/c14-10-2-1-3-11(6-10)15-7-12-16-13(17-19-12)9-4-5-18-8-9/h1-3,6,9,15H,4-5,7-8H2. The zero-order chi connectivity index (χ0) is 13.1. The number of hydrogen-bond donors (Lipinski definition) is 1. The number of nitrogens with zero attached hydrogens (tertiary/aromatic N) is 2. The first kappa shape index (κ1) is 12.4. The Morgan fingerprint density at radius 2 is 2.37 bits per heavy atom. The predicted octanol–water partition coefficient (Wildman–Crippen LogP) is 2.84. The van der Waals surface area contributed by atoms with Crippen molar-refractivity contribution in [3.05, 3.63) is 41.0 Å². The lowest BCUT2D eigenvalue weighted by molar-refractivity contribution is 0.192. The summed E-state index contributed by atoms with van der Waals surface area (Å²) in [5, 5.41) is 7.88. The molecule has 0 saturated carbocycles. The third-order valence-corrected chi connectivity index (χ3v) is 3.28. The number of nitrogens with one attached hydrogen (secondary N) is 1. The topological polar surface area (TPSA) is 60.2 Å². The van der Waals surface area contributed by atoms with Gasteiger partial charge in [-0.25, -0.2) is 0 Å². The van der Waals surface area contributed by atoms with Crippen LogP contribution in [0.25, 0.3) is 0 Å². The number of hydrogen-bond acceptors (Lipinski definition) is 5. The summed E-state index contributed by atoms with van der Waals surface area (Å²) in [6.45, 7) is 1.94. The molecule has 6 heteroatoms. The minimum Gasteiger partial charge on any atom is -0.381 e. The number of anilines is 1. The van der Waals surface area contributed by atoms with E-state index in [4.69, 9.17) is 20.9 Å². The van der Waals surface area contributed by atoms with Crippen LogP contribution in [0.15, 0.2) is 28.8 Å². The second-order valence-electron chi connectivity index (χ2n) is 4.47. The molecule has 0 radical (unpaired) electrons. The first-order chi connectivity index (χ1) is 9.31. The van der Waals surface area contributed by atoms with E-state index < -0.39 is 0 Å². The molecule has 100 valence electrons. The van der Waals surface area contributed by atoms with E-state index in [2.05, 4.69) is 15.5 Å². The molecule has 1 fully saturated rings. The summed E-state index contributed by atoms with van der Waals surface area (Å²) in [4.78, 5) is 4.38. The van der Waals surface area contributed by atoms with E-state index in [-0.39, 0.29) is 5.92 Å². The van der Waals surface area contributed by atoms with Gasteiger partial charge in [0, 0.05) is 23.2 Å². The van der Waals surface area contributed by atoms with Gasteiger partial charge in [-0.1, -0.05) is 22.8 Å². The molecule has 0 amide bonds. The second kappa shape index (κ2) is 5.59. The van der Waals surface area contributed by atoms with E-state index in [0.29, 0.717) is 24.1 Å². The van der Waals surface area contributed by atoms with Crippen LogP contribution in [0.4, 0.5) is 5.69 Å². The lowest BCUT2D eigenvalue weighted by Gasteiger charge is -2.03. The van der Waals surface area contributed by atoms with E-state index >= 15 is 0 Å². The van der Waals surface area contributed by atoms with Crippen molar-refractivity contribution >= 4 is 17.3 Å². The Bertz CT molecular complexity index is 552. The normalized spacial score (nSPS) is 18.7. The molecule has 2 heterocycles. The summed E-state index contributed by atoms with van der Waals surface area (Å²) in [5.41, 5.74) is 0.927. The van der Waals surface area contributed by atoms with Gasteiger partial charge >= 0.3 is 0 Å². The van der Waals surface area contributed by atoms with Gasteiger partial charge in [-0.2, -0.15) is 4.98 Å². The molecule has 1 atom stereocenters. The van der Waals surface area contributed by atoms with Crippen molar-refractivity contribution in [1.29, 1.82) is 0 Å². The monoisotopic (exact) mass is 279 g/mol. The summed E-state index contributed by atoms with van der Waals surface area (Å²) in [7, 11) is 0. The highest BCUT2D eigenvalue weighted by atomic mass is 35.5. The van der Waals surface area contributed by atoms with Crippen LogP contribution < -0.4 is 5.32 Å². The third kappa shape index (κ3) is 3.05. The molecule has 1 aromatic heterocycles. The first-order valence-corrected chi connectivity index (χ1v) is 6.59. The lowest BCUT2D eigenvalue weighted by Crippen LogP contribution is -2.02. The molecule has 0 bridgehead atoms. The van der Waals surface area contributed by atoms with Gasteiger partial charge in [0.05, 0.1) is 13.2 Å². The molecule has 2 aromatic rings. The van der Waals surface area contributed by atoms with Crippen LogP contribution in [0.1, 0.15) is 24.1 Å². The highest BCUT2D eigenvalue weighted by molar-refractivity contribution is 6.30. The number of rotatable bonds is 4. The molecular formula is C13H14ClN3O2. The molecule has 3 rings (SSSR count). The van der Waals surface area contributed by atoms with E-state index in [1.807, 2.05) is 24.3 Å². The van der Waals surface area contributed by atoms with Gasteiger partial charge in [0.15, 0.2) is 5.82 Å². The van der Waals surface area contributed by atoms with Crippen molar-refractivity contribution in [2.45, 2.75) is 18.9 Å². The van der Waals surface area contributed by atoms with Gasteiger partial charge in [-0.3, -0.25) is 0 Å². The molecule has 1 unspecified atom stereocenters. The fourth-order valence-corrected chi connectivity index (χ4v) is 2.21. The fourth-order valence-electron chi connectivity index (χ4n) is 2.02. The van der Waals surface area contributed by atoms with Crippen LogP contribution in [0.3, 0.4) is 0 Å². The maximum Gasteiger partial charge on any atom is 0.245 e. The molecule has 1 aliphatic rings. The third-order valence-electron chi connectivity index (χ3n) is 3.05. The predicted molar refractivity (Wildman–Crippen MR) is 71.3 cm³/mol. The minimum absolute atomic E-state index is 0.267. The summed E-state index contributed by atoms with van der Waals surface area (Å²) in [5.74, 6) is 1.57. The summed E-state index contributed by atoms with van der Waals surface area (Å²) < 4.78 is 10.5. The van der Waals surface area contributed by atoms with Gasteiger partial charge in [0.25, 0.3) is 0 Å². The van der Waals surface area contributed by atoms with Crippen LogP contribution in [0.2, 0.25) is 5.02 Å². The zero-order valence-corrected chi connectivity index (χ0v) is 11.1. The average Bonchev–Trinajstić information content (AvgIpc) is 3.07. The van der Waals surface area contributed by atoms with Crippen molar-refractivity contribution in [2.24, 2.45) is 0 Å². The molecule has 1 N–H and O–H groups in total. The summed E-state index contributed by atoms with van der Waals surface area (Å²) in [6.07, 6.45) is 0.959. The van der Waals surface area contributed by atoms with E-state index in [1.54, 1.807) is 0 Å². The largest absolute Gasteiger partial charge is 0.381 e. The second-order valence-corrected chi connectivity index (χ2v) is 4.91. The number of halogens is 1. The van der Waals surface area contributed by atoms with Gasteiger partial charge in [-0.05, 0) is 24.6 Å². The fraction of sp³-hybridized carbons (Fsp3) is 0.385. The van der Waals surface area contributed by atoms with E-state index in [0.717, 1.165) is 24.5 Å². The SMILES string of the molecule is Clc1cccc(NCc2nc(C3CCOC3)no2)c1. The van der Waals surface area contributed by atoms with Crippen molar-refractivity contribution < 1.29 is 9.26 Å². The number of benzene rings is 1. The van der Waals surface area contributed by atoms with Gasteiger partial charge < -0.3 is 14.6 Å². The van der Waals surface area contributed by atoms with E-state index in [9.17, 15) is 0 Å². The summed E-state index contributed by atoms with van der Waals surface area (Å²) >= 11 is 5.91. The number of ether oxygens (including phenoxy) is 1. The Hall–Kier alpha value is -1.59. The quantitative estimate of drug-likeness (QED) is 0.932. The Labute approximate surface area is 115 Å². The molecule has 1 aliphatic heterocycles. The molecule has 5 nitrogen and oxygen atoms in total. The van der Waals surface area contributed by atoms with Gasteiger partial charge in [-0.15, -0.1) is 0 Å². The maximum atomic E-state index is 5.91. The van der Waals surface area contributed by atoms with Crippen LogP contribution in [-0.4, -0.2) is 23.4 Å². The van der Waals surface area contributed by atoms with E-state index in [1.165, 1.54) is 0 Å². The first-order valence-electron chi connectivity index (χ1n) is 6.21. The highest BCUT2D eigenvalue weighted by Crippen LogP contribution is 2.22. The van der Waals surface area contributed by atoms with Crippen LogP contribution >= 0.6 is 11.6 Å². The highest BCUT2D eigenvalue weighted by Gasteiger charge is 2.22. The van der Waals surface area contributed by atoms with Crippen LogP contribution in [0.5, 0.6) is 0 Å². The van der Waals surface area contributed by atoms with Crippen LogP contribution in [-0.2, 0) is 11.3 Å². The van der Waals surface area contributed by atoms with Crippen molar-refractivity contribution in [1.82, 2.24) is 10.1 Å². The Balaban J connectivity index is 1.61. The molecule has 19 heavy (non-hydrogen) atoms. The average molecular weight is 280 g/mol.